The SMILES string of the molecule is C[C@]12C(=O)NC(=O)N[C@@H]1O[C@@H]1NC(=O)NC(=O)[C@]12C. The summed E-state index contributed by atoms with van der Waals surface area (Å²) in [6.45, 7) is 3.03. The third-order valence-corrected chi connectivity index (χ3v) is 4.32. The van der Waals surface area contributed by atoms with Crippen LogP contribution in [0.1, 0.15) is 13.8 Å². The van der Waals surface area contributed by atoms with E-state index in [1.165, 1.54) is 13.8 Å². The van der Waals surface area contributed by atoms with Crippen molar-refractivity contribution in [3.05, 3.63) is 0 Å². The maximum absolute atomic E-state index is 12.2. The summed E-state index contributed by atoms with van der Waals surface area (Å²) in [6.07, 6.45) is -1.96. The monoisotopic (exact) mass is 268 g/mol. The zero-order chi connectivity index (χ0) is 14.0. The lowest BCUT2D eigenvalue weighted by molar-refractivity contribution is -0.150. The van der Waals surface area contributed by atoms with E-state index in [0.717, 1.165) is 0 Å². The lowest BCUT2D eigenvalue weighted by atomic mass is 9.62. The molecule has 4 atom stereocenters. The molecule has 3 aliphatic rings. The maximum Gasteiger partial charge on any atom is 0.323 e. The number of rotatable bonds is 0. The molecule has 9 heteroatoms. The van der Waals surface area contributed by atoms with Gasteiger partial charge in [0.1, 0.15) is 23.3 Å². The highest BCUT2D eigenvalue weighted by molar-refractivity contribution is 6.08. The minimum Gasteiger partial charge on any atom is -0.333 e. The number of ether oxygens (including phenoxy) is 1. The van der Waals surface area contributed by atoms with Gasteiger partial charge in [-0.2, -0.15) is 0 Å². The zero-order valence-corrected chi connectivity index (χ0v) is 10.2. The van der Waals surface area contributed by atoms with Crippen molar-refractivity contribution in [1.82, 2.24) is 21.3 Å². The normalized spacial score (nSPS) is 44.5. The van der Waals surface area contributed by atoms with Gasteiger partial charge in [-0.1, -0.05) is 0 Å². The van der Waals surface area contributed by atoms with Gasteiger partial charge in [-0.3, -0.25) is 20.2 Å². The minimum absolute atomic E-state index is 0.613. The molecule has 0 spiro atoms. The number of imide groups is 2. The van der Waals surface area contributed by atoms with Crippen molar-refractivity contribution in [3.8, 4) is 0 Å². The molecule has 0 aromatic heterocycles. The number of hydrogen-bond donors (Lipinski definition) is 4. The molecule has 19 heavy (non-hydrogen) atoms. The summed E-state index contributed by atoms with van der Waals surface area (Å²) >= 11 is 0. The number of carbonyl (C=O) groups excluding carboxylic acids is 4. The molecule has 0 aromatic rings. The van der Waals surface area contributed by atoms with E-state index in [1.807, 2.05) is 0 Å². The summed E-state index contributed by atoms with van der Waals surface area (Å²) in [6, 6.07) is -1.39. The lowest BCUT2D eigenvalue weighted by Gasteiger charge is -2.43. The van der Waals surface area contributed by atoms with Crippen molar-refractivity contribution in [2.75, 3.05) is 0 Å². The molecule has 0 unspecified atom stereocenters. The van der Waals surface area contributed by atoms with Crippen molar-refractivity contribution in [3.63, 3.8) is 0 Å². The largest absolute Gasteiger partial charge is 0.333 e. The van der Waals surface area contributed by atoms with E-state index in [9.17, 15) is 19.2 Å². The molecule has 3 aliphatic heterocycles. The first-order chi connectivity index (χ1) is 8.80. The van der Waals surface area contributed by atoms with E-state index >= 15 is 0 Å². The molecule has 9 nitrogen and oxygen atoms in total. The van der Waals surface area contributed by atoms with Gasteiger partial charge in [0.15, 0.2) is 0 Å². The van der Waals surface area contributed by atoms with Gasteiger partial charge in [0.05, 0.1) is 0 Å². The topological polar surface area (TPSA) is 126 Å². The molecule has 6 amide bonds. The van der Waals surface area contributed by atoms with E-state index < -0.39 is 47.2 Å². The first-order valence-corrected chi connectivity index (χ1v) is 5.69. The second-order valence-electron chi connectivity index (χ2n) is 5.16. The van der Waals surface area contributed by atoms with Gasteiger partial charge in [-0.25, -0.2) is 9.59 Å². The van der Waals surface area contributed by atoms with Crippen LogP contribution in [0.2, 0.25) is 0 Å². The summed E-state index contributed by atoms with van der Waals surface area (Å²) in [5, 5.41) is 9.12. The molecule has 0 saturated carbocycles. The zero-order valence-electron chi connectivity index (χ0n) is 10.2. The van der Waals surface area contributed by atoms with Crippen LogP contribution in [0.25, 0.3) is 0 Å². The molecule has 4 N–H and O–H groups in total. The maximum atomic E-state index is 12.2. The fourth-order valence-corrected chi connectivity index (χ4v) is 2.80. The van der Waals surface area contributed by atoms with Gasteiger partial charge in [0.25, 0.3) is 0 Å². The van der Waals surface area contributed by atoms with Crippen LogP contribution in [-0.2, 0) is 14.3 Å². The second kappa shape index (κ2) is 3.23. The summed E-state index contributed by atoms with van der Waals surface area (Å²) in [5.41, 5.74) is -2.63. The van der Waals surface area contributed by atoms with Crippen LogP contribution < -0.4 is 21.3 Å². The molecular weight excluding hydrogens is 256 g/mol. The smallest absolute Gasteiger partial charge is 0.323 e. The van der Waals surface area contributed by atoms with Crippen LogP contribution in [0.3, 0.4) is 0 Å². The fourth-order valence-electron chi connectivity index (χ4n) is 2.80. The Morgan fingerprint density at radius 2 is 1.21 bits per heavy atom. The standard InChI is InChI=1S/C10H12N4O5/c1-9-3(15)11-7(17)13-5(9)19-6-10(9,2)4(16)12-8(18)14-6/h5-6H,1-2H3,(H2,11,13,15,17)(H2,12,14,16,18)/t5-,6+,9+,10-. The Morgan fingerprint density at radius 3 is 1.58 bits per heavy atom. The molecule has 0 bridgehead atoms. The molecule has 3 rings (SSSR count). The van der Waals surface area contributed by atoms with Crippen LogP contribution in [0.15, 0.2) is 0 Å². The van der Waals surface area contributed by atoms with Gasteiger partial charge < -0.3 is 15.4 Å². The van der Waals surface area contributed by atoms with E-state index in [1.54, 1.807) is 0 Å². The molecule has 3 heterocycles. The van der Waals surface area contributed by atoms with Crippen molar-refractivity contribution >= 4 is 23.9 Å². The molecule has 0 aliphatic carbocycles. The predicted molar refractivity (Wildman–Crippen MR) is 58.2 cm³/mol. The number of nitrogens with one attached hydrogen (secondary N) is 4. The van der Waals surface area contributed by atoms with Crippen LogP contribution >= 0.6 is 0 Å². The fraction of sp³-hybridized carbons (Fsp3) is 0.600. The number of amides is 6. The Bertz CT molecular complexity index is 488. The highest BCUT2D eigenvalue weighted by Gasteiger charge is 2.72. The molecule has 0 radical (unpaired) electrons. The van der Waals surface area contributed by atoms with Gasteiger partial charge >= 0.3 is 12.1 Å². The van der Waals surface area contributed by atoms with Crippen LogP contribution in [-0.4, -0.2) is 36.3 Å². The Kier molecular flexibility index (Phi) is 2.03. The summed E-state index contributed by atoms with van der Waals surface area (Å²) in [5.74, 6) is -1.23. The lowest BCUT2D eigenvalue weighted by Crippen LogP contribution is -2.71. The Hall–Kier alpha value is -2.16. The van der Waals surface area contributed by atoms with E-state index in [4.69, 9.17) is 4.74 Å². The number of urea groups is 2. The van der Waals surface area contributed by atoms with Crippen LogP contribution in [0.5, 0.6) is 0 Å². The average molecular weight is 268 g/mol. The first kappa shape index (κ1) is 11.9. The molecule has 3 fully saturated rings. The molecular formula is C10H12N4O5. The average Bonchev–Trinajstić information content (AvgIpc) is 2.52. The quantitative estimate of drug-likeness (QED) is 0.419. The minimum atomic E-state index is -1.32. The van der Waals surface area contributed by atoms with Crippen molar-refractivity contribution in [1.29, 1.82) is 0 Å². The Balaban J connectivity index is 2.11. The first-order valence-electron chi connectivity index (χ1n) is 5.69. The predicted octanol–water partition coefficient (Wildman–Crippen LogP) is -1.64. The highest BCUT2D eigenvalue weighted by atomic mass is 16.5. The van der Waals surface area contributed by atoms with E-state index in [2.05, 4.69) is 21.3 Å². The van der Waals surface area contributed by atoms with Gasteiger partial charge in [0.2, 0.25) is 11.8 Å². The molecule has 102 valence electrons. The highest BCUT2D eigenvalue weighted by Crippen LogP contribution is 2.53. The molecule has 3 saturated heterocycles. The van der Waals surface area contributed by atoms with Crippen molar-refractivity contribution < 1.29 is 23.9 Å². The molecule has 0 aromatic carbocycles. The Labute approximate surface area is 107 Å². The van der Waals surface area contributed by atoms with Crippen molar-refractivity contribution in [2.24, 2.45) is 10.8 Å². The summed E-state index contributed by atoms with van der Waals surface area (Å²) < 4.78 is 5.47. The number of carbonyl (C=O) groups is 4. The van der Waals surface area contributed by atoms with Gasteiger partial charge in [-0.05, 0) is 13.8 Å². The third-order valence-electron chi connectivity index (χ3n) is 4.32. The van der Waals surface area contributed by atoms with E-state index in [-0.39, 0.29) is 0 Å². The number of hydrogen-bond acceptors (Lipinski definition) is 5. The Morgan fingerprint density at radius 1 is 0.842 bits per heavy atom. The summed E-state index contributed by atoms with van der Waals surface area (Å²) in [7, 11) is 0. The number of fused-ring (bicyclic) bond motifs is 3. The van der Waals surface area contributed by atoms with E-state index in [0.29, 0.717) is 0 Å². The second-order valence-corrected chi connectivity index (χ2v) is 5.16. The van der Waals surface area contributed by atoms with Gasteiger partial charge in [0, 0.05) is 0 Å². The van der Waals surface area contributed by atoms with Crippen LogP contribution in [0, 0.1) is 10.8 Å². The third kappa shape index (κ3) is 1.17. The van der Waals surface area contributed by atoms with Crippen LogP contribution in [0.4, 0.5) is 9.59 Å². The summed E-state index contributed by atoms with van der Waals surface area (Å²) in [4.78, 5) is 46.9. The van der Waals surface area contributed by atoms with Crippen molar-refractivity contribution in [2.45, 2.75) is 26.3 Å². The van der Waals surface area contributed by atoms with Gasteiger partial charge in [-0.15, -0.1) is 0 Å².